The van der Waals surface area contributed by atoms with Gasteiger partial charge in [0.2, 0.25) is 5.91 Å². The Morgan fingerprint density at radius 1 is 1.38 bits per heavy atom. The van der Waals surface area contributed by atoms with Gasteiger partial charge in [-0.15, -0.1) is 0 Å². The fourth-order valence-corrected chi connectivity index (χ4v) is 1.22. The van der Waals surface area contributed by atoms with E-state index in [1.807, 2.05) is 20.8 Å². The van der Waals surface area contributed by atoms with E-state index in [2.05, 4.69) is 5.32 Å². The Kier molecular flexibility index (Phi) is 4.05. The first-order valence-corrected chi connectivity index (χ1v) is 5.49. The molecule has 0 unspecified atom stereocenters. The molecule has 0 aliphatic heterocycles. The van der Waals surface area contributed by atoms with Crippen LogP contribution in [0.15, 0.2) is 24.3 Å². The Morgan fingerprint density at radius 3 is 2.56 bits per heavy atom. The highest BCUT2D eigenvalue weighted by Gasteiger charge is 2.24. The Labute approximate surface area is 95.9 Å². The van der Waals surface area contributed by atoms with Crippen LogP contribution in [0.2, 0.25) is 0 Å². The maximum Gasteiger partial charge on any atom is 0.225 e. The molecule has 0 aromatic heterocycles. The minimum atomic E-state index is -0.398. The van der Waals surface area contributed by atoms with Crippen LogP contribution < -0.4 is 5.32 Å². The van der Waals surface area contributed by atoms with Crippen LogP contribution >= 0.6 is 0 Å². The van der Waals surface area contributed by atoms with E-state index in [1.54, 1.807) is 18.2 Å². The highest BCUT2D eigenvalue weighted by atomic mass is 19.1. The molecule has 2 nitrogen and oxygen atoms in total. The third-order valence-corrected chi connectivity index (χ3v) is 2.90. The molecule has 1 N–H and O–H groups in total. The molecule has 0 spiro atoms. The highest BCUT2D eigenvalue weighted by Crippen LogP contribution is 2.19. The molecule has 0 atom stereocenters. The lowest BCUT2D eigenvalue weighted by Crippen LogP contribution is -2.36. The van der Waals surface area contributed by atoms with Crippen LogP contribution in [0.5, 0.6) is 0 Å². The highest BCUT2D eigenvalue weighted by molar-refractivity contribution is 5.81. The zero-order valence-electron chi connectivity index (χ0n) is 10.0. The van der Waals surface area contributed by atoms with Crippen molar-refractivity contribution in [2.45, 2.75) is 33.7 Å². The largest absolute Gasteiger partial charge is 0.351 e. The number of carbonyl (C=O) groups excluding carboxylic acids is 1. The number of carbonyl (C=O) groups is 1. The Bertz CT molecular complexity index is 374. The average molecular weight is 223 g/mol. The summed E-state index contributed by atoms with van der Waals surface area (Å²) in [5.74, 6) is -0.324. The molecule has 1 aromatic rings. The summed E-state index contributed by atoms with van der Waals surface area (Å²) >= 11 is 0. The number of benzene rings is 1. The molecule has 0 bridgehead atoms. The molecule has 0 radical (unpaired) electrons. The van der Waals surface area contributed by atoms with Gasteiger partial charge in [0.05, 0.1) is 0 Å². The van der Waals surface area contributed by atoms with E-state index in [0.29, 0.717) is 5.56 Å². The molecule has 3 heteroatoms. The van der Waals surface area contributed by atoms with Gasteiger partial charge in [0.15, 0.2) is 0 Å². The molecule has 0 aliphatic carbocycles. The summed E-state index contributed by atoms with van der Waals surface area (Å²) in [6, 6.07) is 6.47. The van der Waals surface area contributed by atoms with Crippen molar-refractivity contribution in [1.29, 1.82) is 0 Å². The summed E-state index contributed by atoms with van der Waals surface area (Å²) in [5, 5.41) is 2.75. The van der Waals surface area contributed by atoms with Gasteiger partial charge >= 0.3 is 0 Å². The van der Waals surface area contributed by atoms with E-state index in [0.717, 1.165) is 6.42 Å². The van der Waals surface area contributed by atoms with Gasteiger partial charge < -0.3 is 5.32 Å². The van der Waals surface area contributed by atoms with E-state index in [1.165, 1.54) is 6.07 Å². The summed E-state index contributed by atoms with van der Waals surface area (Å²) in [5.41, 5.74) is 0.119. The van der Waals surface area contributed by atoms with Crippen LogP contribution in [0.1, 0.15) is 32.8 Å². The molecule has 0 aliphatic rings. The van der Waals surface area contributed by atoms with E-state index < -0.39 is 5.41 Å². The fourth-order valence-electron chi connectivity index (χ4n) is 1.22. The van der Waals surface area contributed by atoms with Crippen LogP contribution in [0.25, 0.3) is 0 Å². The maximum absolute atomic E-state index is 13.3. The van der Waals surface area contributed by atoms with Crippen molar-refractivity contribution in [3.05, 3.63) is 35.6 Å². The second kappa shape index (κ2) is 5.10. The zero-order chi connectivity index (χ0) is 12.2. The van der Waals surface area contributed by atoms with Crippen molar-refractivity contribution < 1.29 is 9.18 Å². The van der Waals surface area contributed by atoms with Crippen LogP contribution in [0.4, 0.5) is 4.39 Å². The van der Waals surface area contributed by atoms with Gasteiger partial charge in [-0.1, -0.05) is 39.0 Å². The number of hydrogen-bond donors (Lipinski definition) is 1. The van der Waals surface area contributed by atoms with Gasteiger partial charge in [-0.3, -0.25) is 4.79 Å². The molecule has 1 amide bonds. The minimum absolute atomic E-state index is 0.0433. The third kappa shape index (κ3) is 3.05. The number of amides is 1. The molecule has 88 valence electrons. The van der Waals surface area contributed by atoms with Gasteiger partial charge in [-0.25, -0.2) is 4.39 Å². The van der Waals surface area contributed by atoms with Gasteiger partial charge in [0.1, 0.15) is 5.82 Å². The van der Waals surface area contributed by atoms with E-state index in [9.17, 15) is 9.18 Å². The molecule has 0 fully saturated rings. The van der Waals surface area contributed by atoms with Crippen LogP contribution in [-0.4, -0.2) is 5.91 Å². The fraction of sp³-hybridized carbons (Fsp3) is 0.462. The first kappa shape index (κ1) is 12.7. The van der Waals surface area contributed by atoms with Crippen LogP contribution in [-0.2, 0) is 11.3 Å². The summed E-state index contributed by atoms with van der Waals surface area (Å²) in [4.78, 5) is 11.7. The smallest absolute Gasteiger partial charge is 0.225 e. The van der Waals surface area contributed by atoms with Gasteiger partial charge in [0.25, 0.3) is 0 Å². The molecule has 1 aromatic carbocycles. The van der Waals surface area contributed by atoms with E-state index >= 15 is 0 Å². The summed E-state index contributed by atoms with van der Waals surface area (Å²) < 4.78 is 13.3. The second-order valence-electron chi connectivity index (χ2n) is 4.51. The molecule has 0 heterocycles. The number of nitrogens with one attached hydrogen (secondary N) is 1. The molecule has 16 heavy (non-hydrogen) atoms. The maximum atomic E-state index is 13.3. The lowest BCUT2D eigenvalue weighted by Gasteiger charge is -2.21. The van der Waals surface area contributed by atoms with Crippen molar-refractivity contribution >= 4 is 5.91 Å². The number of halogens is 1. The van der Waals surface area contributed by atoms with Crippen molar-refractivity contribution in [2.24, 2.45) is 5.41 Å². The van der Waals surface area contributed by atoms with Gasteiger partial charge in [-0.05, 0) is 12.5 Å². The van der Waals surface area contributed by atoms with Crippen molar-refractivity contribution in [3.63, 3.8) is 0 Å². The SMILES string of the molecule is CCC(C)(C)C(=O)NCc1ccccc1F. The Balaban J connectivity index is 2.59. The first-order valence-electron chi connectivity index (χ1n) is 5.49. The number of hydrogen-bond acceptors (Lipinski definition) is 1. The first-order chi connectivity index (χ1) is 7.47. The van der Waals surface area contributed by atoms with Gasteiger partial charge in [0, 0.05) is 17.5 Å². The van der Waals surface area contributed by atoms with Crippen molar-refractivity contribution in [1.82, 2.24) is 5.32 Å². The predicted molar refractivity (Wildman–Crippen MR) is 62.3 cm³/mol. The molecule has 0 saturated carbocycles. The monoisotopic (exact) mass is 223 g/mol. The average Bonchev–Trinajstić information content (AvgIpc) is 2.27. The summed E-state index contributed by atoms with van der Waals surface area (Å²) in [7, 11) is 0. The lowest BCUT2D eigenvalue weighted by atomic mass is 9.89. The summed E-state index contributed by atoms with van der Waals surface area (Å²) in [6.07, 6.45) is 0.760. The topological polar surface area (TPSA) is 29.1 Å². The van der Waals surface area contributed by atoms with Gasteiger partial charge in [-0.2, -0.15) is 0 Å². The predicted octanol–water partition coefficient (Wildman–Crippen LogP) is 2.88. The Morgan fingerprint density at radius 2 is 2.00 bits per heavy atom. The second-order valence-corrected chi connectivity index (χ2v) is 4.51. The minimum Gasteiger partial charge on any atom is -0.351 e. The molecule has 0 saturated heterocycles. The summed E-state index contributed by atoms with van der Waals surface area (Å²) in [6.45, 7) is 5.96. The lowest BCUT2D eigenvalue weighted by molar-refractivity contribution is -0.129. The standard InChI is InChI=1S/C13H18FNO/c1-4-13(2,3)12(16)15-9-10-7-5-6-8-11(10)14/h5-8H,4,9H2,1-3H3,(H,15,16). The molecular formula is C13H18FNO. The van der Waals surface area contributed by atoms with E-state index in [-0.39, 0.29) is 18.3 Å². The van der Waals surface area contributed by atoms with Crippen LogP contribution in [0, 0.1) is 11.2 Å². The molecular weight excluding hydrogens is 205 g/mol. The normalized spacial score (nSPS) is 11.2. The quantitative estimate of drug-likeness (QED) is 0.835. The van der Waals surface area contributed by atoms with Crippen molar-refractivity contribution in [3.8, 4) is 0 Å². The van der Waals surface area contributed by atoms with Crippen molar-refractivity contribution in [2.75, 3.05) is 0 Å². The third-order valence-electron chi connectivity index (χ3n) is 2.90. The van der Waals surface area contributed by atoms with Crippen LogP contribution in [0.3, 0.4) is 0 Å². The zero-order valence-corrected chi connectivity index (χ0v) is 10.0. The molecule has 1 rings (SSSR count). The number of rotatable bonds is 4. The Hall–Kier alpha value is -1.38. The van der Waals surface area contributed by atoms with E-state index in [4.69, 9.17) is 0 Å².